The zero-order valence-electron chi connectivity index (χ0n) is 36.2. The van der Waals surface area contributed by atoms with Crippen LogP contribution < -0.4 is 19.5 Å². The van der Waals surface area contributed by atoms with Crippen molar-refractivity contribution in [2.45, 2.75) is 94.8 Å². The van der Waals surface area contributed by atoms with Crippen LogP contribution in [0.25, 0.3) is 0 Å². The molecule has 2 heterocycles. The van der Waals surface area contributed by atoms with Crippen LogP contribution in [-0.2, 0) is 20.9 Å². The number of likely N-dealkylation sites (N-methyl/N-ethyl adjacent to an activating group) is 1. The number of allylic oxidation sites excluding steroid dienone is 1. The van der Waals surface area contributed by atoms with E-state index in [2.05, 4.69) is 18.0 Å². The largest absolute Gasteiger partial charge is 0.459 e. The van der Waals surface area contributed by atoms with Gasteiger partial charge in [-0.1, -0.05) is 60.5 Å². The molecule has 0 radical (unpaired) electrons. The van der Waals surface area contributed by atoms with Gasteiger partial charge in [-0.3, -0.25) is 10.1 Å². The zero-order valence-corrected chi connectivity index (χ0v) is 36.2. The van der Waals surface area contributed by atoms with Crippen LogP contribution in [0.3, 0.4) is 0 Å². The van der Waals surface area contributed by atoms with Crippen molar-refractivity contribution in [1.29, 1.82) is 0 Å². The number of hydrogen-bond donors (Lipinski definition) is 3. The molecule has 16 nitrogen and oxygen atoms in total. The first-order valence-electron chi connectivity index (χ1n) is 22.2. The van der Waals surface area contributed by atoms with E-state index >= 15 is 0 Å². The molecule has 0 aromatic heterocycles. The number of nitro benzene ring substituents is 1. The van der Waals surface area contributed by atoms with Crippen molar-refractivity contribution in [3.8, 4) is 17.2 Å². The Kier molecular flexibility index (Phi) is 15.7. The third-order valence-corrected chi connectivity index (χ3v) is 12.6. The topological polar surface area (TPSA) is 201 Å². The van der Waals surface area contributed by atoms with Crippen molar-refractivity contribution in [2.75, 3.05) is 33.5 Å². The number of carbonyl (C=O) groups excluding carboxylic acids is 2. The number of rotatable bonds is 19. The van der Waals surface area contributed by atoms with Gasteiger partial charge in [0.1, 0.15) is 23.3 Å². The molecule has 342 valence electrons. The van der Waals surface area contributed by atoms with E-state index in [4.69, 9.17) is 33.7 Å². The second-order valence-corrected chi connectivity index (χ2v) is 16.6. The highest BCUT2D eigenvalue weighted by Crippen LogP contribution is 2.62. The lowest BCUT2D eigenvalue weighted by molar-refractivity contribution is -0.384. The first-order chi connectivity index (χ1) is 31.1. The maximum atomic E-state index is 14.3. The Morgan fingerprint density at radius 3 is 2.45 bits per heavy atom. The van der Waals surface area contributed by atoms with Gasteiger partial charge in [-0.05, 0) is 91.8 Å². The monoisotopic (exact) mass is 882 g/mol. The van der Waals surface area contributed by atoms with Gasteiger partial charge in [0, 0.05) is 63.3 Å². The standard InChI is InChI=1S/C48H58N4O12/c1-3-26-60-48-42(51(2)47(56)62-35-20-18-34(19-21-35)52(57)58)30-40(50-64-43-17-9-12-27-59-43)38-28-33(15-7-10-24-53)37(16-8-11-25-54)44(45(38)48)39-29-36(22-23-41(39)63-48)61-46(55)49-31-32-13-5-4-6-14-32/h3-6,13-14,18-23,28-29,33,37,42-45,53-54H,1,7-12,15-17,24-27,30-31H2,2H3,(H,49,55)/t33-,37+,42-,43?,44+,45+,48+/m0/s1. The number of oxime groups is 1. The Morgan fingerprint density at radius 2 is 1.75 bits per heavy atom. The maximum absolute atomic E-state index is 14.3. The van der Waals surface area contributed by atoms with E-state index in [9.17, 15) is 29.9 Å². The molecule has 16 heteroatoms. The Balaban J connectivity index is 1.35. The minimum absolute atomic E-state index is 0.0270. The van der Waals surface area contributed by atoms with Crippen molar-refractivity contribution in [3.63, 3.8) is 0 Å². The van der Waals surface area contributed by atoms with Gasteiger partial charge in [-0.2, -0.15) is 0 Å². The maximum Gasteiger partial charge on any atom is 0.415 e. The summed E-state index contributed by atoms with van der Waals surface area (Å²) in [5.74, 6) is -1.79. The van der Waals surface area contributed by atoms with Crippen LogP contribution in [0, 0.1) is 27.9 Å². The molecule has 1 saturated heterocycles. The number of nitro groups is 1. The molecule has 4 aliphatic rings. The number of amides is 2. The lowest BCUT2D eigenvalue weighted by Crippen LogP contribution is -2.69. The van der Waals surface area contributed by atoms with Crippen LogP contribution >= 0.6 is 0 Å². The van der Waals surface area contributed by atoms with Crippen LogP contribution in [-0.4, -0.2) is 89.5 Å². The quantitative estimate of drug-likeness (QED) is 0.0452. The van der Waals surface area contributed by atoms with Crippen LogP contribution in [0.1, 0.15) is 81.3 Å². The molecule has 3 aromatic carbocycles. The highest BCUT2D eigenvalue weighted by atomic mass is 16.8. The van der Waals surface area contributed by atoms with E-state index in [1.807, 2.05) is 36.4 Å². The van der Waals surface area contributed by atoms with Crippen LogP contribution in [0.15, 0.2) is 102 Å². The Labute approximate surface area is 372 Å². The second kappa shape index (κ2) is 21.7. The first kappa shape index (κ1) is 46.2. The number of hydrogen-bond acceptors (Lipinski definition) is 13. The fourth-order valence-electron chi connectivity index (χ4n) is 9.56. The Bertz CT molecular complexity index is 2140. The van der Waals surface area contributed by atoms with Gasteiger partial charge in [0.05, 0.1) is 29.8 Å². The summed E-state index contributed by atoms with van der Waals surface area (Å²) in [5, 5.41) is 38.8. The fourth-order valence-corrected chi connectivity index (χ4v) is 9.56. The molecule has 64 heavy (non-hydrogen) atoms. The number of carbonyl (C=O) groups is 2. The number of nitrogens with one attached hydrogen (secondary N) is 1. The van der Waals surface area contributed by atoms with Crippen LogP contribution in [0.2, 0.25) is 0 Å². The molecule has 2 amide bonds. The van der Waals surface area contributed by atoms with Crippen molar-refractivity contribution in [1.82, 2.24) is 10.2 Å². The number of non-ortho nitro benzene ring substituents is 1. The van der Waals surface area contributed by atoms with E-state index in [1.54, 1.807) is 25.3 Å². The molecule has 1 unspecified atom stereocenters. The van der Waals surface area contributed by atoms with Gasteiger partial charge >= 0.3 is 12.2 Å². The number of fused-ring (bicyclic) bond motifs is 2. The molecule has 0 spiro atoms. The Morgan fingerprint density at radius 1 is 1.00 bits per heavy atom. The highest BCUT2D eigenvalue weighted by molar-refractivity contribution is 6.03. The minimum Gasteiger partial charge on any atom is -0.459 e. The predicted molar refractivity (Wildman–Crippen MR) is 236 cm³/mol. The summed E-state index contributed by atoms with van der Waals surface area (Å²) < 4.78 is 31.8. The zero-order chi connectivity index (χ0) is 45.1. The summed E-state index contributed by atoms with van der Waals surface area (Å²) in [5.41, 5.74) is 2.93. The predicted octanol–water partition coefficient (Wildman–Crippen LogP) is 8.17. The SMILES string of the molecule is C=CCO[C@@]12Oc3ccc(OC(=O)NCc4ccccc4)cc3[C@H]3[C@H](CCCCO)[C@@H](CCCCO)C=C(C(=NOC4CCCCO4)C[C@@H]1N(C)C(=O)Oc1ccc([N+](=O)[O-])cc1)[C@H]32. The normalized spacial score (nSPS) is 25.1. The molecular formula is C48H58N4O12. The van der Waals surface area contributed by atoms with Gasteiger partial charge in [-0.25, -0.2) is 9.59 Å². The summed E-state index contributed by atoms with van der Waals surface area (Å²) in [7, 11) is 1.59. The van der Waals surface area contributed by atoms with Gasteiger partial charge in [0.15, 0.2) is 0 Å². The van der Waals surface area contributed by atoms with Gasteiger partial charge < -0.3 is 49.0 Å². The van der Waals surface area contributed by atoms with Gasteiger partial charge in [-0.15, -0.1) is 6.58 Å². The number of nitrogens with zero attached hydrogens (tertiary/aromatic N) is 3. The molecule has 3 aromatic rings. The fraction of sp³-hybridized carbons (Fsp3) is 0.479. The average molecular weight is 883 g/mol. The molecular weight excluding hydrogens is 825 g/mol. The third-order valence-electron chi connectivity index (χ3n) is 12.6. The molecule has 7 rings (SSSR count). The van der Waals surface area contributed by atoms with Crippen molar-refractivity contribution < 1.29 is 53.2 Å². The second-order valence-electron chi connectivity index (χ2n) is 16.6. The summed E-state index contributed by atoms with van der Waals surface area (Å²) >= 11 is 0. The van der Waals surface area contributed by atoms with Crippen LogP contribution in [0.4, 0.5) is 15.3 Å². The molecule has 1 saturated carbocycles. The van der Waals surface area contributed by atoms with Crippen molar-refractivity contribution in [2.24, 2.45) is 22.9 Å². The number of aliphatic hydroxyl groups excluding tert-OH is 2. The van der Waals surface area contributed by atoms with Gasteiger partial charge in [0.2, 0.25) is 12.1 Å². The van der Waals surface area contributed by atoms with E-state index in [0.717, 1.165) is 42.4 Å². The summed E-state index contributed by atoms with van der Waals surface area (Å²) in [6, 6.07) is 19.1. The van der Waals surface area contributed by atoms with Crippen LogP contribution in [0.5, 0.6) is 17.2 Å². The summed E-state index contributed by atoms with van der Waals surface area (Å²) in [4.78, 5) is 45.9. The Hall–Kier alpha value is -5.81. The number of aliphatic hydroxyl groups is 2. The molecule has 2 fully saturated rings. The van der Waals surface area contributed by atoms with Gasteiger partial charge in [0.25, 0.3) is 5.69 Å². The molecule has 7 atom stereocenters. The highest BCUT2D eigenvalue weighted by Gasteiger charge is 2.65. The minimum atomic E-state index is -1.57. The van der Waals surface area contributed by atoms with E-state index < -0.39 is 41.1 Å². The number of benzene rings is 3. The van der Waals surface area contributed by atoms with E-state index in [1.165, 1.54) is 29.2 Å². The van der Waals surface area contributed by atoms with Crippen molar-refractivity contribution >= 4 is 23.6 Å². The lowest BCUT2D eigenvalue weighted by Gasteiger charge is -2.59. The lowest BCUT2D eigenvalue weighted by atomic mass is 9.55. The van der Waals surface area contributed by atoms with E-state index in [0.29, 0.717) is 55.9 Å². The smallest absolute Gasteiger partial charge is 0.415 e. The summed E-state index contributed by atoms with van der Waals surface area (Å²) in [6.45, 7) is 4.91. The molecule has 2 aliphatic heterocycles. The number of unbranched alkanes of at least 4 members (excludes halogenated alkanes) is 2. The molecule has 3 N–H and O–H groups in total. The third kappa shape index (κ3) is 10.6. The number of ether oxygens (including phenoxy) is 5. The summed E-state index contributed by atoms with van der Waals surface area (Å²) in [6.07, 6.45) is 8.63. The first-order valence-corrected chi connectivity index (χ1v) is 22.2. The van der Waals surface area contributed by atoms with E-state index in [-0.39, 0.29) is 62.0 Å². The molecule has 2 aliphatic carbocycles. The average Bonchev–Trinajstić information content (AvgIpc) is 3.31. The molecule has 0 bridgehead atoms. The van der Waals surface area contributed by atoms with Crippen molar-refractivity contribution in [3.05, 3.63) is 118 Å².